The number of aliphatic carboxylic acids is 1. The van der Waals surface area contributed by atoms with Crippen molar-refractivity contribution < 1.29 is 9.90 Å². The fourth-order valence-corrected chi connectivity index (χ4v) is 1.35. The molecule has 1 saturated heterocycles. The lowest BCUT2D eigenvalue weighted by Crippen LogP contribution is -2.24. The Morgan fingerprint density at radius 2 is 2.45 bits per heavy atom. The Morgan fingerprint density at radius 3 is 2.91 bits per heavy atom. The molecule has 0 aromatic carbocycles. The van der Waals surface area contributed by atoms with Gasteiger partial charge in [0.15, 0.2) is 0 Å². The topological polar surface area (TPSA) is 49.3 Å². The summed E-state index contributed by atoms with van der Waals surface area (Å²) in [5.41, 5.74) is 0.801. The third-order valence-corrected chi connectivity index (χ3v) is 1.93. The second kappa shape index (κ2) is 3.53. The minimum atomic E-state index is -0.788. The number of hydrogen-bond acceptors (Lipinski definition) is 2. The lowest BCUT2D eigenvalue weighted by atomic mass is 10.0. The van der Waals surface area contributed by atoms with E-state index in [4.69, 9.17) is 5.11 Å². The Hall–Kier alpha value is -0.830. The first-order valence-corrected chi connectivity index (χ1v) is 3.83. The monoisotopic (exact) mass is 155 g/mol. The van der Waals surface area contributed by atoms with Crippen LogP contribution in [0.25, 0.3) is 0 Å². The molecule has 62 valence electrons. The second-order valence-electron chi connectivity index (χ2n) is 2.88. The zero-order valence-corrected chi connectivity index (χ0v) is 6.47. The van der Waals surface area contributed by atoms with Crippen molar-refractivity contribution in [3.63, 3.8) is 0 Å². The predicted molar refractivity (Wildman–Crippen MR) is 42.4 cm³/mol. The molecular weight excluding hydrogens is 142 g/mol. The van der Waals surface area contributed by atoms with Gasteiger partial charge in [0.05, 0.1) is 6.42 Å². The second-order valence-corrected chi connectivity index (χ2v) is 2.88. The molecule has 1 atom stereocenters. The predicted octanol–water partition coefficient (Wildman–Crippen LogP) is 0.769. The quantitative estimate of drug-likeness (QED) is 0.592. The molecule has 0 saturated carbocycles. The number of hydrogen-bond donors (Lipinski definition) is 2. The summed E-state index contributed by atoms with van der Waals surface area (Å²) < 4.78 is 0. The molecule has 0 aromatic heterocycles. The molecule has 3 nitrogen and oxygen atoms in total. The van der Waals surface area contributed by atoms with Gasteiger partial charge in [0.1, 0.15) is 0 Å². The van der Waals surface area contributed by atoms with Gasteiger partial charge in [-0.1, -0.05) is 6.58 Å². The highest BCUT2D eigenvalue weighted by molar-refractivity contribution is 5.70. The maximum atomic E-state index is 10.3. The van der Waals surface area contributed by atoms with Gasteiger partial charge in [-0.15, -0.1) is 0 Å². The van der Waals surface area contributed by atoms with Crippen molar-refractivity contribution in [1.29, 1.82) is 0 Å². The first-order chi connectivity index (χ1) is 5.20. The molecule has 1 heterocycles. The van der Waals surface area contributed by atoms with Crippen LogP contribution in [0, 0.1) is 0 Å². The number of rotatable bonds is 3. The van der Waals surface area contributed by atoms with Crippen LogP contribution >= 0.6 is 0 Å². The van der Waals surface area contributed by atoms with Crippen molar-refractivity contribution in [3.05, 3.63) is 12.2 Å². The van der Waals surface area contributed by atoms with Crippen molar-refractivity contribution in [2.75, 3.05) is 6.54 Å². The maximum absolute atomic E-state index is 10.3. The van der Waals surface area contributed by atoms with Gasteiger partial charge >= 0.3 is 5.97 Å². The van der Waals surface area contributed by atoms with Crippen molar-refractivity contribution in [2.45, 2.75) is 25.3 Å². The Morgan fingerprint density at radius 1 is 1.73 bits per heavy atom. The average molecular weight is 155 g/mol. The Bertz CT molecular complexity index is 171. The van der Waals surface area contributed by atoms with Crippen LogP contribution in [-0.2, 0) is 4.79 Å². The van der Waals surface area contributed by atoms with Crippen LogP contribution in [-0.4, -0.2) is 23.7 Å². The minimum absolute atomic E-state index is 0.0949. The lowest BCUT2D eigenvalue weighted by molar-refractivity contribution is -0.136. The van der Waals surface area contributed by atoms with Gasteiger partial charge in [-0.3, -0.25) is 4.79 Å². The van der Waals surface area contributed by atoms with Gasteiger partial charge in [-0.05, 0) is 25.0 Å². The van der Waals surface area contributed by atoms with Gasteiger partial charge in [-0.2, -0.15) is 0 Å². The summed E-state index contributed by atoms with van der Waals surface area (Å²) in [5, 5.41) is 11.7. The van der Waals surface area contributed by atoms with Crippen LogP contribution < -0.4 is 5.32 Å². The van der Waals surface area contributed by atoms with E-state index in [1.807, 2.05) is 0 Å². The Labute approximate surface area is 66.1 Å². The molecule has 2 N–H and O–H groups in total. The highest BCUT2D eigenvalue weighted by atomic mass is 16.4. The fourth-order valence-electron chi connectivity index (χ4n) is 1.35. The molecule has 11 heavy (non-hydrogen) atoms. The Kier molecular flexibility index (Phi) is 2.65. The maximum Gasteiger partial charge on any atom is 0.307 e. The summed E-state index contributed by atoms with van der Waals surface area (Å²) in [5.74, 6) is -0.788. The van der Waals surface area contributed by atoms with E-state index in [2.05, 4.69) is 11.9 Å². The summed E-state index contributed by atoms with van der Waals surface area (Å²) in [6, 6.07) is 0.242. The summed E-state index contributed by atoms with van der Waals surface area (Å²) in [6.07, 6.45) is 2.26. The van der Waals surface area contributed by atoms with Gasteiger partial charge in [0, 0.05) is 6.04 Å². The van der Waals surface area contributed by atoms with E-state index in [0.717, 1.165) is 25.0 Å². The molecule has 0 aromatic rings. The number of carboxylic acid groups (broad SMARTS) is 1. The molecule has 1 rings (SSSR count). The summed E-state index contributed by atoms with van der Waals surface area (Å²) in [4.78, 5) is 10.3. The average Bonchev–Trinajstić information content (AvgIpc) is 2.35. The molecule has 1 aliphatic heterocycles. The van der Waals surface area contributed by atoms with Crippen LogP contribution in [0.15, 0.2) is 12.2 Å². The minimum Gasteiger partial charge on any atom is -0.481 e. The van der Waals surface area contributed by atoms with Crippen LogP contribution in [0.4, 0.5) is 0 Å². The summed E-state index contributed by atoms with van der Waals surface area (Å²) in [6.45, 7) is 4.72. The van der Waals surface area contributed by atoms with E-state index < -0.39 is 5.97 Å². The van der Waals surface area contributed by atoms with E-state index in [1.54, 1.807) is 0 Å². The number of nitrogens with one attached hydrogen (secondary N) is 1. The van der Waals surface area contributed by atoms with Gasteiger partial charge in [-0.25, -0.2) is 0 Å². The van der Waals surface area contributed by atoms with Gasteiger partial charge < -0.3 is 10.4 Å². The third-order valence-electron chi connectivity index (χ3n) is 1.93. The molecule has 0 radical (unpaired) electrons. The van der Waals surface area contributed by atoms with Gasteiger partial charge in [0.25, 0.3) is 0 Å². The molecule has 0 bridgehead atoms. The molecule has 1 aliphatic rings. The van der Waals surface area contributed by atoms with Gasteiger partial charge in [0.2, 0.25) is 0 Å². The summed E-state index contributed by atoms with van der Waals surface area (Å²) in [7, 11) is 0. The highest BCUT2D eigenvalue weighted by Crippen LogP contribution is 2.14. The summed E-state index contributed by atoms with van der Waals surface area (Å²) >= 11 is 0. The molecule has 3 heteroatoms. The number of carboxylic acids is 1. The van der Waals surface area contributed by atoms with Crippen LogP contribution in [0.5, 0.6) is 0 Å². The van der Waals surface area contributed by atoms with Crippen molar-refractivity contribution in [1.82, 2.24) is 5.32 Å². The zero-order chi connectivity index (χ0) is 8.27. The molecule has 0 spiro atoms. The largest absolute Gasteiger partial charge is 0.481 e. The smallest absolute Gasteiger partial charge is 0.307 e. The lowest BCUT2D eigenvalue weighted by Gasteiger charge is -2.10. The first-order valence-electron chi connectivity index (χ1n) is 3.83. The molecule has 1 unspecified atom stereocenters. The van der Waals surface area contributed by atoms with E-state index >= 15 is 0 Å². The SMILES string of the molecule is C=C(CC(=O)O)C1CCCN1. The molecule has 1 fully saturated rings. The normalized spacial score (nSPS) is 23.5. The van der Waals surface area contributed by atoms with Crippen molar-refractivity contribution in [2.24, 2.45) is 0 Å². The van der Waals surface area contributed by atoms with Crippen LogP contribution in [0.3, 0.4) is 0 Å². The fraction of sp³-hybridized carbons (Fsp3) is 0.625. The first kappa shape index (κ1) is 8.27. The molecule has 0 amide bonds. The van der Waals surface area contributed by atoms with Crippen molar-refractivity contribution in [3.8, 4) is 0 Å². The van der Waals surface area contributed by atoms with E-state index in [-0.39, 0.29) is 12.5 Å². The Balaban J connectivity index is 2.34. The number of carbonyl (C=O) groups is 1. The highest BCUT2D eigenvalue weighted by Gasteiger charge is 2.18. The standard InChI is InChI=1S/C8H13NO2/c1-6(5-8(10)11)7-3-2-4-9-7/h7,9H,1-5H2,(H,10,11). The zero-order valence-electron chi connectivity index (χ0n) is 6.47. The van der Waals surface area contributed by atoms with Crippen LogP contribution in [0.1, 0.15) is 19.3 Å². The molecular formula is C8H13NO2. The van der Waals surface area contributed by atoms with E-state index in [1.165, 1.54) is 0 Å². The third kappa shape index (κ3) is 2.35. The van der Waals surface area contributed by atoms with Crippen LogP contribution in [0.2, 0.25) is 0 Å². The van der Waals surface area contributed by atoms with E-state index in [0.29, 0.717) is 0 Å². The van der Waals surface area contributed by atoms with E-state index in [9.17, 15) is 4.79 Å². The van der Waals surface area contributed by atoms with Crippen molar-refractivity contribution >= 4 is 5.97 Å². The molecule has 0 aliphatic carbocycles.